The van der Waals surface area contributed by atoms with Crippen LogP contribution >= 0.6 is 22.9 Å². The maximum atomic E-state index is 12.8. The SMILES string of the molecule is O=c1/c(=C\c2ccc(-c3ccccc3Cl)o2)sc2nc3ccccc3n12. The van der Waals surface area contributed by atoms with Gasteiger partial charge in [-0.25, -0.2) is 9.38 Å². The minimum atomic E-state index is -0.0885. The molecule has 6 heteroatoms. The lowest BCUT2D eigenvalue weighted by atomic mass is 10.2. The van der Waals surface area contributed by atoms with Crippen LogP contribution in [0.15, 0.2) is 69.9 Å². The van der Waals surface area contributed by atoms with E-state index in [1.54, 1.807) is 10.5 Å². The third-order valence-electron chi connectivity index (χ3n) is 4.18. The van der Waals surface area contributed by atoms with Crippen LogP contribution in [0.3, 0.4) is 0 Å². The second-order valence-corrected chi connectivity index (χ2v) is 7.23. The molecule has 0 bridgehead atoms. The van der Waals surface area contributed by atoms with Gasteiger partial charge in [-0.3, -0.25) is 4.79 Å². The highest BCUT2D eigenvalue weighted by molar-refractivity contribution is 7.15. The van der Waals surface area contributed by atoms with Crippen LogP contribution in [-0.2, 0) is 0 Å². The molecule has 0 spiro atoms. The molecule has 26 heavy (non-hydrogen) atoms. The molecular weight excluding hydrogens is 368 g/mol. The summed E-state index contributed by atoms with van der Waals surface area (Å²) in [5, 5.41) is 0.624. The van der Waals surface area contributed by atoms with E-state index in [4.69, 9.17) is 16.0 Å². The van der Waals surface area contributed by atoms with Gasteiger partial charge in [0, 0.05) is 11.6 Å². The normalized spacial score (nSPS) is 12.4. The molecule has 3 aromatic heterocycles. The number of para-hydroxylation sites is 2. The predicted molar refractivity (Wildman–Crippen MR) is 105 cm³/mol. The van der Waals surface area contributed by atoms with E-state index in [2.05, 4.69) is 4.98 Å². The average molecular weight is 379 g/mol. The number of imidazole rings is 1. The first-order valence-corrected chi connectivity index (χ1v) is 9.16. The molecule has 5 rings (SSSR count). The van der Waals surface area contributed by atoms with Crippen molar-refractivity contribution in [2.75, 3.05) is 0 Å². The Morgan fingerprint density at radius 2 is 1.85 bits per heavy atom. The molecule has 3 heterocycles. The number of thiazole rings is 1. The minimum Gasteiger partial charge on any atom is -0.457 e. The van der Waals surface area contributed by atoms with Crippen molar-refractivity contribution >= 4 is 45.0 Å². The maximum absolute atomic E-state index is 12.8. The number of nitrogens with zero attached hydrogens (tertiary/aromatic N) is 2. The Hall–Kier alpha value is -2.89. The fourth-order valence-corrected chi connectivity index (χ4v) is 4.17. The summed E-state index contributed by atoms with van der Waals surface area (Å²) in [5.41, 5.74) is 2.37. The Bertz CT molecular complexity index is 1380. The summed E-state index contributed by atoms with van der Waals surface area (Å²) < 4.78 is 8.09. The molecule has 0 unspecified atom stereocenters. The van der Waals surface area contributed by atoms with Crippen molar-refractivity contribution in [2.45, 2.75) is 0 Å². The molecule has 0 atom stereocenters. The topological polar surface area (TPSA) is 47.5 Å². The van der Waals surface area contributed by atoms with Crippen molar-refractivity contribution in [3.63, 3.8) is 0 Å². The van der Waals surface area contributed by atoms with Gasteiger partial charge in [-0.2, -0.15) is 0 Å². The Morgan fingerprint density at radius 3 is 2.73 bits per heavy atom. The first-order chi connectivity index (χ1) is 12.7. The lowest BCUT2D eigenvalue weighted by Gasteiger charge is -1.98. The van der Waals surface area contributed by atoms with Gasteiger partial charge in [-0.1, -0.05) is 47.2 Å². The van der Waals surface area contributed by atoms with Gasteiger partial charge in [0.25, 0.3) is 5.56 Å². The number of aromatic nitrogens is 2. The van der Waals surface area contributed by atoms with Crippen LogP contribution in [0.25, 0.3) is 33.4 Å². The molecule has 4 nitrogen and oxygen atoms in total. The Labute approximate surface area is 156 Å². The van der Waals surface area contributed by atoms with Crippen LogP contribution in [0, 0.1) is 0 Å². The summed E-state index contributed by atoms with van der Waals surface area (Å²) in [7, 11) is 0. The van der Waals surface area contributed by atoms with E-state index in [9.17, 15) is 4.79 Å². The van der Waals surface area contributed by atoms with Crippen molar-refractivity contribution in [3.8, 4) is 11.3 Å². The largest absolute Gasteiger partial charge is 0.457 e. The van der Waals surface area contributed by atoms with E-state index >= 15 is 0 Å². The van der Waals surface area contributed by atoms with Crippen LogP contribution in [-0.4, -0.2) is 9.38 Å². The second kappa shape index (κ2) is 5.83. The van der Waals surface area contributed by atoms with Gasteiger partial charge in [0.05, 0.1) is 16.1 Å². The van der Waals surface area contributed by atoms with Gasteiger partial charge < -0.3 is 4.42 Å². The zero-order valence-corrected chi connectivity index (χ0v) is 14.9. The van der Waals surface area contributed by atoms with Gasteiger partial charge >= 0.3 is 0 Å². The summed E-state index contributed by atoms with van der Waals surface area (Å²) >= 11 is 7.57. The third kappa shape index (κ3) is 2.36. The molecule has 2 aromatic carbocycles. The predicted octanol–water partition coefficient (Wildman–Crippen LogP) is 4.37. The van der Waals surface area contributed by atoms with Crippen LogP contribution in [0.4, 0.5) is 0 Å². The molecule has 0 aliphatic rings. The molecule has 126 valence electrons. The summed E-state index contributed by atoms with van der Waals surface area (Å²) in [6.07, 6.45) is 1.75. The number of benzene rings is 2. The Kier molecular flexibility index (Phi) is 3.45. The zero-order valence-electron chi connectivity index (χ0n) is 13.3. The summed E-state index contributed by atoms with van der Waals surface area (Å²) in [5.74, 6) is 1.27. The summed E-state index contributed by atoms with van der Waals surface area (Å²) in [6, 6.07) is 18.8. The number of hydrogen-bond acceptors (Lipinski definition) is 4. The Morgan fingerprint density at radius 1 is 1.04 bits per heavy atom. The fraction of sp³-hybridized carbons (Fsp3) is 0. The van der Waals surface area contributed by atoms with Gasteiger partial charge in [-0.15, -0.1) is 0 Å². The molecule has 5 aromatic rings. The molecule has 0 aliphatic carbocycles. The number of furan rings is 1. The zero-order chi connectivity index (χ0) is 17.7. The monoisotopic (exact) mass is 378 g/mol. The van der Waals surface area contributed by atoms with Crippen molar-refractivity contribution in [3.05, 3.63) is 86.3 Å². The van der Waals surface area contributed by atoms with E-state index in [1.165, 1.54) is 11.3 Å². The first-order valence-electron chi connectivity index (χ1n) is 7.97. The summed E-state index contributed by atoms with van der Waals surface area (Å²) in [4.78, 5) is 18.0. The van der Waals surface area contributed by atoms with E-state index in [0.29, 0.717) is 26.0 Å². The van der Waals surface area contributed by atoms with Gasteiger partial charge in [0.2, 0.25) is 0 Å². The summed E-state index contributed by atoms with van der Waals surface area (Å²) in [6.45, 7) is 0. The smallest absolute Gasteiger partial charge is 0.275 e. The second-order valence-electron chi connectivity index (χ2n) is 5.82. The van der Waals surface area contributed by atoms with Crippen molar-refractivity contribution in [2.24, 2.45) is 0 Å². The highest BCUT2D eigenvalue weighted by Crippen LogP contribution is 2.29. The highest BCUT2D eigenvalue weighted by Gasteiger charge is 2.12. The molecule has 0 fully saturated rings. The van der Waals surface area contributed by atoms with E-state index in [1.807, 2.05) is 60.7 Å². The van der Waals surface area contributed by atoms with E-state index < -0.39 is 0 Å². The Balaban J connectivity index is 1.65. The van der Waals surface area contributed by atoms with Crippen molar-refractivity contribution in [1.29, 1.82) is 0 Å². The van der Waals surface area contributed by atoms with E-state index in [0.717, 1.165) is 16.6 Å². The molecule has 0 saturated heterocycles. The average Bonchev–Trinajstić information content (AvgIpc) is 3.32. The van der Waals surface area contributed by atoms with Gasteiger partial charge in [0.1, 0.15) is 16.1 Å². The molecule has 0 radical (unpaired) electrons. The number of rotatable bonds is 2. The van der Waals surface area contributed by atoms with Crippen molar-refractivity contribution < 1.29 is 4.42 Å². The molecule has 0 N–H and O–H groups in total. The maximum Gasteiger partial charge on any atom is 0.275 e. The van der Waals surface area contributed by atoms with Crippen LogP contribution in [0.1, 0.15) is 5.76 Å². The third-order valence-corrected chi connectivity index (χ3v) is 5.48. The molecule has 0 saturated carbocycles. The molecular formula is C20H11ClN2O2S. The van der Waals surface area contributed by atoms with Gasteiger partial charge in [-0.05, 0) is 36.4 Å². The number of fused-ring (bicyclic) bond motifs is 3. The lowest BCUT2D eigenvalue weighted by molar-refractivity contribution is 0.571. The number of hydrogen-bond donors (Lipinski definition) is 0. The van der Waals surface area contributed by atoms with Crippen molar-refractivity contribution in [1.82, 2.24) is 9.38 Å². The molecule has 0 aliphatic heterocycles. The van der Waals surface area contributed by atoms with E-state index in [-0.39, 0.29) is 5.56 Å². The first kappa shape index (κ1) is 15.4. The van der Waals surface area contributed by atoms with Crippen LogP contribution in [0.5, 0.6) is 0 Å². The van der Waals surface area contributed by atoms with Gasteiger partial charge in [0.15, 0.2) is 4.96 Å². The molecule has 0 amide bonds. The number of halogens is 1. The van der Waals surface area contributed by atoms with Crippen LogP contribution < -0.4 is 10.1 Å². The fourth-order valence-electron chi connectivity index (χ4n) is 2.98. The highest BCUT2D eigenvalue weighted by atomic mass is 35.5. The van der Waals surface area contributed by atoms with Crippen LogP contribution in [0.2, 0.25) is 5.02 Å². The minimum absolute atomic E-state index is 0.0885. The standard InChI is InChI=1S/C20H11ClN2O2S/c21-14-6-2-1-5-13(14)17-10-9-12(25-17)11-18-19(24)23-16-8-4-3-7-15(16)22-20(23)26-18/h1-11H/b18-11+. The lowest BCUT2D eigenvalue weighted by Crippen LogP contribution is -2.22. The quantitative estimate of drug-likeness (QED) is 0.458.